The Labute approximate surface area is 109 Å². The summed E-state index contributed by atoms with van der Waals surface area (Å²) in [6, 6.07) is 0. The minimum absolute atomic E-state index is 0.107. The highest BCUT2D eigenvalue weighted by atomic mass is 16.5. The van der Waals surface area contributed by atoms with E-state index in [1.54, 1.807) is 6.92 Å². The zero-order valence-corrected chi connectivity index (χ0v) is 11.5. The lowest BCUT2D eigenvalue weighted by Gasteiger charge is -2.30. The Bertz CT molecular complexity index is 291. The Morgan fingerprint density at radius 1 is 1.39 bits per heavy atom. The van der Waals surface area contributed by atoms with Gasteiger partial charge in [-0.1, -0.05) is 26.8 Å². The molecule has 0 aliphatic heterocycles. The molecular formula is C13H23NO4. The van der Waals surface area contributed by atoms with Gasteiger partial charge in [0.1, 0.15) is 0 Å². The lowest BCUT2D eigenvalue weighted by atomic mass is 9.97. The first-order chi connectivity index (χ1) is 8.56. The molecule has 5 nitrogen and oxygen atoms in total. The number of carbonyl (C=O) groups is 2. The van der Waals surface area contributed by atoms with Crippen LogP contribution < -0.4 is 5.32 Å². The van der Waals surface area contributed by atoms with E-state index < -0.39 is 17.4 Å². The number of hydrogen-bond acceptors (Lipinski definition) is 4. The van der Waals surface area contributed by atoms with Gasteiger partial charge in [0.2, 0.25) is 5.91 Å². The number of amides is 1. The minimum Gasteiger partial charge on any atom is -0.467 e. The highest BCUT2D eigenvalue weighted by Crippen LogP contribution is 2.14. The molecule has 0 saturated heterocycles. The first-order valence-electron chi connectivity index (χ1n) is 6.17. The molecule has 0 bridgehead atoms. The van der Waals surface area contributed by atoms with E-state index in [0.717, 1.165) is 18.9 Å². The van der Waals surface area contributed by atoms with Gasteiger partial charge in [-0.25, -0.2) is 4.79 Å². The van der Waals surface area contributed by atoms with Gasteiger partial charge in [0.25, 0.3) is 0 Å². The van der Waals surface area contributed by atoms with Crippen LogP contribution in [0.2, 0.25) is 0 Å². The smallest absolute Gasteiger partial charge is 0.334 e. The van der Waals surface area contributed by atoms with Crippen molar-refractivity contribution in [3.63, 3.8) is 0 Å². The summed E-state index contributed by atoms with van der Waals surface area (Å²) in [6.45, 7) is 7.88. The van der Waals surface area contributed by atoms with Crippen LogP contribution in [-0.4, -0.2) is 37.7 Å². The van der Waals surface area contributed by atoms with E-state index in [2.05, 4.69) is 18.8 Å². The quantitative estimate of drug-likeness (QED) is 0.385. The van der Waals surface area contributed by atoms with Gasteiger partial charge in [-0.05, 0) is 18.9 Å². The molecule has 0 saturated carbocycles. The van der Waals surface area contributed by atoms with Crippen molar-refractivity contribution in [1.29, 1.82) is 0 Å². The molecule has 0 unspecified atom stereocenters. The summed E-state index contributed by atoms with van der Waals surface area (Å²) in [4.78, 5) is 23.2. The monoisotopic (exact) mass is 257 g/mol. The van der Waals surface area contributed by atoms with Crippen LogP contribution >= 0.6 is 0 Å². The molecule has 5 heteroatoms. The zero-order chi connectivity index (χ0) is 14.0. The van der Waals surface area contributed by atoms with E-state index in [4.69, 9.17) is 9.47 Å². The molecule has 1 amide bonds. The summed E-state index contributed by atoms with van der Waals surface area (Å²) in [5, 5.41) is 2.60. The van der Waals surface area contributed by atoms with E-state index in [0.29, 0.717) is 13.0 Å². The number of carbonyl (C=O) groups excluding carboxylic acids is 2. The molecule has 0 heterocycles. The normalized spacial score (nSPS) is 13.5. The summed E-state index contributed by atoms with van der Waals surface area (Å²) in [7, 11) is 1.29. The van der Waals surface area contributed by atoms with Gasteiger partial charge in [0, 0.05) is 6.61 Å². The molecule has 0 aromatic carbocycles. The molecule has 1 atom stereocenters. The molecular weight excluding hydrogens is 234 g/mol. The SMILES string of the molecule is C=CC(=O)N[C@@](CC)(COCCCC)C(=O)OC. The first-order valence-corrected chi connectivity index (χ1v) is 6.17. The third kappa shape index (κ3) is 4.87. The molecule has 18 heavy (non-hydrogen) atoms. The van der Waals surface area contributed by atoms with Crippen LogP contribution in [0, 0.1) is 0 Å². The molecule has 1 N–H and O–H groups in total. The number of esters is 1. The molecule has 0 aliphatic carbocycles. The number of methoxy groups -OCH3 is 1. The van der Waals surface area contributed by atoms with Gasteiger partial charge in [-0.2, -0.15) is 0 Å². The molecule has 0 spiro atoms. The Morgan fingerprint density at radius 3 is 2.50 bits per heavy atom. The second-order valence-corrected chi connectivity index (χ2v) is 4.03. The number of hydrogen-bond donors (Lipinski definition) is 1. The van der Waals surface area contributed by atoms with Gasteiger partial charge in [-0.15, -0.1) is 0 Å². The summed E-state index contributed by atoms with van der Waals surface area (Å²) in [5.41, 5.74) is -1.13. The van der Waals surface area contributed by atoms with Crippen LogP contribution in [0.3, 0.4) is 0 Å². The minimum atomic E-state index is -1.13. The van der Waals surface area contributed by atoms with Crippen molar-refractivity contribution in [3.05, 3.63) is 12.7 Å². The summed E-state index contributed by atoms with van der Waals surface area (Å²) >= 11 is 0. The number of unbranched alkanes of at least 4 members (excludes halogenated alkanes) is 1. The second-order valence-electron chi connectivity index (χ2n) is 4.03. The standard InChI is InChI=1S/C13H23NO4/c1-5-8-9-18-10-13(7-3,12(16)17-4)14-11(15)6-2/h6H,2,5,7-10H2,1,3-4H3,(H,14,15)/t13-/m0/s1. The molecule has 0 fully saturated rings. The average molecular weight is 257 g/mol. The van der Waals surface area contributed by atoms with Crippen molar-refractivity contribution in [2.24, 2.45) is 0 Å². The highest BCUT2D eigenvalue weighted by molar-refractivity contribution is 5.93. The Kier molecular flexibility index (Phi) is 8.03. The molecule has 0 radical (unpaired) electrons. The van der Waals surface area contributed by atoms with Gasteiger partial charge >= 0.3 is 5.97 Å². The third-order valence-electron chi connectivity index (χ3n) is 2.72. The van der Waals surface area contributed by atoms with Crippen LogP contribution in [0.4, 0.5) is 0 Å². The van der Waals surface area contributed by atoms with Crippen LogP contribution in [-0.2, 0) is 19.1 Å². The Hall–Kier alpha value is -1.36. The lowest BCUT2D eigenvalue weighted by molar-refractivity contribution is -0.153. The maximum atomic E-state index is 11.8. The average Bonchev–Trinajstić information content (AvgIpc) is 2.41. The van der Waals surface area contributed by atoms with Gasteiger partial charge < -0.3 is 14.8 Å². The fraction of sp³-hybridized carbons (Fsp3) is 0.692. The lowest BCUT2D eigenvalue weighted by Crippen LogP contribution is -2.57. The number of nitrogens with one attached hydrogen (secondary N) is 1. The van der Waals surface area contributed by atoms with Crippen LogP contribution in [0.25, 0.3) is 0 Å². The van der Waals surface area contributed by atoms with Crippen molar-refractivity contribution in [3.8, 4) is 0 Å². The maximum absolute atomic E-state index is 11.8. The highest BCUT2D eigenvalue weighted by Gasteiger charge is 2.39. The zero-order valence-electron chi connectivity index (χ0n) is 11.5. The van der Waals surface area contributed by atoms with Crippen molar-refractivity contribution in [2.75, 3.05) is 20.3 Å². The van der Waals surface area contributed by atoms with Crippen LogP contribution in [0.15, 0.2) is 12.7 Å². The van der Waals surface area contributed by atoms with Crippen molar-refractivity contribution < 1.29 is 19.1 Å². The number of ether oxygens (including phenoxy) is 2. The fourth-order valence-electron chi connectivity index (χ4n) is 1.46. The summed E-state index contributed by atoms with van der Waals surface area (Å²) in [5.74, 6) is -0.918. The van der Waals surface area contributed by atoms with Gasteiger partial charge in [0.15, 0.2) is 5.54 Å². The van der Waals surface area contributed by atoms with E-state index in [1.165, 1.54) is 7.11 Å². The maximum Gasteiger partial charge on any atom is 0.334 e. The molecule has 104 valence electrons. The van der Waals surface area contributed by atoms with E-state index in [-0.39, 0.29) is 6.61 Å². The number of rotatable bonds is 9. The fourth-order valence-corrected chi connectivity index (χ4v) is 1.46. The molecule has 0 aromatic heterocycles. The summed E-state index contributed by atoms with van der Waals surface area (Å²) in [6.07, 6.45) is 3.44. The van der Waals surface area contributed by atoms with Crippen LogP contribution in [0.1, 0.15) is 33.1 Å². The first kappa shape index (κ1) is 16.6. The van der Waals surface area contributed by atoms with Gasteiger partial charge in [0.05, 0.1) is 13.7 Å². The largest absolute Gasteiger partial charge is 0.467 e. The topological polar surface area (TPSA) is 64.6 Å². The Balaban J connectivity index is 4.70. The van der Waals surface area contributed by atoms with Crippen LogP contribution in [0.5, 0.6) is 0 Å². The Morgan fingerprint density at radius 2 is 2.06 bits per heavy atom. The third-order valence-corrected chi connectivity index (χ3v) is 2.72. The van der Waals surface area contributed by atoms with Crippen molar-refractivity contribution >= 4 is 11.9 Å². The van der Waals surface area contributed by atoms with E-state index in [1.807, 2.05) is 0 Å². The van der Waals surface area contributed by atoms with Crippen molar-refractivity contribution in [2.45, 2.75) is 38.6 Å². The second kappa shape index (κ2) is 8.69. The van der Waals surface area contributed by atoms with Gasteiger partial charge in [-0.3, -0.25) is 4.79 Å². The molecule has 0 aliphatic rings. The molecule has 0 rings (SSSR count). The predicted octanol–water partition coefficient (Wildman–Crippen LogP) is 1.43. The predicted molar refractivity (Wildman–Crippen MR) is 69.1 cm³/mol. The van der Waals surface area contributed by atoms with E-state index in [9.17, 15) is 9.59 Å². The van der Waals surface area contributed by atoms with Crippen molar-refractivity contribution in [1.82, 2.24) is 5.32 Å². The summed E-state index contributed by atoms with van der Waals surface area (Å²) < 4.78 is 10.2. The molecule has 0 aromatic rings. The van der Waals surface area contributed by atoms with E-state index >= 15 is 0 Å².